The van der Waals surface area contributed by atoms with Gasteiger partial charge in [-0.1, -0.05) is 13.0 Å². The number of thiazole rings is 1. The van der Waals surface area contributed by atoms with Crippen LogP contribution in [0.4, 0.5) is 5.13 Å². The third kappa shape index (κ3) is 5.10. The number of benzene rings is 1. The van der Waals surface area contributed by atoms with Gasteiger partial charge in [0, 0.05) is 17.2 Å². The van der Waals surface area contributed by atoms with E-state index in [0.29, 0.717) is 23.2 Å². The molecule has 0 bridgehead atoms. The zero-order valence-electron chi connectivity index (χ0n) is 13.5. The van der Waals surface area contributed by atoms with Crippen LogP contribution in [0.5, 0.6) is 11.5 Å². The molecule has 2 aromatic rings. The zero-order chi connectivity index (χ0) is 16.7. The summed E-state index contributed by atoms with van der Waals surface area (Å²) in [5.74, 6) is 1.13. The normalized spacial score (nSPS) is 10.7. The van der Waals surface area contributed by atoms with Crippen molar-refractivity contribution in [1.82, 2.24) is 4.98 Å². The van der Waals surface area contributed by atoms with E-state index in [2.05, 4.69) is 10.3 Å². The van der Waals surface area contributed by atoms with Crippen LogP contribution in [0.2, 0.25) is 0 Å². The lowest BCUT2D eigenvalue weighted by molar-refractivity contribution is -0.111. The van der Waals surface area contributed by atoms with E-state index < -0.39 is 0 Å². The molecule has 5 nitrogen and oxygen atoms in total. The maximum Gasteiger partial charge on any atom is 0.250 e. The van der Waals surface area contributed by atoms with Crippen LogP contribution in [-0.2, 0) is 4.79 Å². The van der Waals surface area contributed by atoms with Crippen LogP contribution in [0.3, 0.4) is 0 Å². The molecule has 0 radical (unpaired) electrons. The van der Waals surface area contributed by atoms with Crippen LogP contribution in [0.25, 0.3) is 6.08 Å². The molecule has 0 spiro atoms. The van der Waals surface area contributed by atoms with Gasteiger partial charge in [-0.15, -0.1) is 11.3 Å². The number of nitrogens with one attached hydrogen (secondary N) is 1. The number of carbonyl (C=O) groups excluding carboxylic acids is 1. The lowest BCUT2D eigenvalue weighted by Gasteiger charge is -2.10. The fourth-order valence-corrected chi connectivity index (χ4v) is 2.52. The molecule has 0 aliphatic heterocycles. The molecule has 0 atom stereocenters. The van der Waals surface area contributed by atoms with Crippen LogP contribution in [-0.4, -0.2) is 24.6 Å². The van der Waals surface area contributed by atoms with Crippen LogP contribution in [0.15, 0.2) is 30.5 Å². The third-order valence-corrected chi connectivity index (χ3v) is 3.76. The monoisotopic (exact) mass is 332 g/mol. The van der Waals surface area contributed by atoms with E-state index >= 15 is 0 Å². The quantitative estimate of drug-likeness (QED) is 0.781. The molecule has 0 saturated carbocycles. The number of aryl methyl sites for hydroxylation is 1. The third-order valence-electron chi connectivity index (χ3n) is 2.93. The molecule has 2 rings (SSSR count). The molecule has 0 saturated heterocycles. The number of carbonyl (C=O) groups is 1. The smallest absolute Gasteiger partial charge is 0.250 e. The predicted octanol–water partition coefficient (Wildman–Crippen LogP) is 3.90. The van der Waals surface area contributed by atoms with E-state index in [4.69, 9.17) is 9.47 Å². The average molecular weight is 332 g/mol. The second-order valence-corrected chi connectivity index (χ2v) is 6.09. The number of aromatic nitrogens is 1. The number of hydrogen-bond acceptors (Lipinski definition) is 5. The summed E-state index contributed by atoms with van der Waals surface area (Å²) >= 11 is 1.44. The molecular formula is C17H20N2O3S. The SMILES string of the molecule is CCCOc1ccc(/C=C/C(=O)Nc2ncc(C)s2)cc1OC. The van der Waals surface area contributed by atoms with Gasteiger partial charge in [0.25, 0.3) is 0 Å². The largest absolute Gasteiger partial charge is 0.493 e. The first-order valence-corrected chi connectivity index (χ1v) is 8.16. The summed E-state index contributed by atoms with van der Waals surface area (Å²) in [7, 11) is 1.60. The first-order valence-electron chi connectivity index (χ1n) is 7.34. The Labute approximate surface area is 140 Å². The van der Waals surface area contributed by atoms with Gasteiger partial charge in [-0.05, 0) is 37.1 Å². The van der Waals surface area contributed by atoms with Crippen molar-refractivity contribution in [3.05, 3.63) is 40.9 Å². The summed E-state index contributed by atoms with van der Waals surface area (Å²) in [5.41, 5.74) is 0.858. The number of amides is 1. The first-order chi connectivity index (χ1) is 11.1. The number of methoxy groups -OCH3 is 1. The van der Waals surface area contributed by atoms with Crippen LogP contribution >= 0.6 is 11.3 Å². The van der Waals surface area contributed by atoms with Gasteiger partial charge in [0.05, 0.1) is 13.7 Å². The second kappa shape index (κ2) is 8.33. The van der Waals surface area contributed by atoms with Gasteiger partial charge in [-0.25, -0.2) is 4.98 Å². The molecule has 1 aromatic carbocycles. The minimum absolute atomic E-state index is 0.218. The van der Waals surface area contributed by atoms with Gasteiger partial charge in [-0.2, -0.15) is 0 Å². The molecule has 6 heteroatoms. The number of anilines is 1. The van der Waals surface area contributed by atoms with Crippen LogP contribution < -0.4 is 14.8 Å². The van der Waals surface area contributed by atoms with Crippen LogP contribution in [0.1, 0.15) is 23.8 Å². The van der Waals surface area contributed by atoms with E-state index in [9.17, 15) is 4.79 Å². The molecule has 0 aliphatic rings. The summed E-state index contributed by atoms with van der Waals surface area (Å²) in [5, 5.41) is 3.32. The number of hydrogen-bond donors (Lipinski definition) is 1. The highest BCUT2D eigenvalue weighted by molar-refractivity contribution is 7.15. The first kappa shape index (κ1) is 17.0. The lowest BCUT2D eigenvalue weighted by Crippen LogP contribution is -2.07. The van der Waals surface area contributed by atoms with Crippen LogP contribution in [0, 0.1) is 6.92 Å². The Morgan fingerprint density at radius 1 is 1.39 bits per heavy atom. The van der Waals surface area contributed by atoms with E-state index in [1.54, 1.807) is 19.4 Å². The molecule has 0 fully saturated rings. The minimum Gasteiger partial charge on any atom is -0.493 e. The summed E-state index contributed by atoms with van der Waals surface area (Å²) in [6, 6.07) is 5.56. The molecule has 122 valence electrons. The standard InChI is InChI=1S/C17H20N2O3S/c1-4-9-22-14-7-5-13(10-15(14)21-3)6-8-16(20)19-17-18-11-12(2)23-17/h5-8,10-11H,4,9H2,1-3H3,(H,18,19,20)/b8-6+. The lowest BCUT2D eigenvalue weighted by atomic mass is 10.2. The van der Waals surface area contributed by atoms with Crippen molar-refractivity contribution in [3.63, 3.8) is 0 Å². The molecule has 1 N–H and O–H groups in total. The molecule has 23 heavy (non-hydrogen) atoms. The minimum atomic E-state index is -0.218. The Morgan fingerprint density at radius 2 is 2.22 bits per heavy atom. The summed E-state index contributed by atoms with van der Waals surface area (Å²) in [6.45, 7) is 4.63. The van der Waals surface area contributed by atoms with Gasteiger partial charge in [0.2, 0.25) is 5.91 Å². The Balaban J connectivity index is 2.02. The zero-order valence-corrected chi connectivity index (χ0v) is 14.3. The Morgan fingerprint density at radius 3 is 2.87 bits per heavy atom. The fraction of sp³-hybridized carbons (Fsp3) is 0.294. The molecular weight excluding hydrogens is 312 g/mol. The van der Waals surface area contributed by atoms with Crippen molar-refractivity contribution in [1.29, 1.82) is 0 Å². The molecule has 0 aliphatic carbocycles. The van der Waals surface area contributed by atoms with Crippen molar-refractivity contribution in [2.45, 2.75) is 20.3 Å². The van der Waals surface area contributed by atoms with E-state index in [-0.39, 0.29) is 5.91 Å². The van der Waals surface area contributed by atoms with Gasteiger partial charge >= 0.3 is 0 Å². The summed E-state index contributed by atoms with van der Waals surface area (Å²) in [4.78, 5) is 17.0. The number of nitrogens with zero attached hydrogens (tertiary/aromatic N) is 1. The molecule has 1 amide bonds. The van der Waals surface area contributed by atoms with Crippen molar-refractivity contribution >= 4 is 28.5 Å². The Hall–Kier alpha value is -2.34. The predicted molar refractivity (Wildman–Crippen MR) is 93.3 cm³/mol. The molecule has 1 heterocycles. The van der Waals surface area contributed by atoms with Crippen molar-refractivity contribution in [3.8, 4) is 11.5 Å². The molecule has 1 aromatic heterocycles. The van der Waals surface area contributed by atoms with Gasteiger partial charge in [-0.3, -0.25) is 10.1 Å². The summed E-state index contributed by atoms with van der Waals surface area (Å²) < 4.78 is 10.9. The van der Waals surface area contributed by atoms with Crippen molar-refractivity contribution in [2.24, 2.45) is 0 Å². The maximum absolute atomic E-state index is 11.9. The highest BCUT2D eigenvalue weighted by Crippen LogP contribution is 2.28. The highest BCUT2D eigenvalue weighted by Gasteiger charge is 2.05. The van der Waals surface area contributed by atoms with Gasteiger partial charge in [0.1, 0.15) is 0 Å². The fourth-order valence-electron chi connectivity index (χ4n) is 1.85. The van der Waals surface area contributed by atoms with Crippen molar-refractivity contribution in [2.75, 3.05) is 19.0 Å². The van der Waals surface area contributed by atoms with E-state index in [1.165, 1.54) is 17.4 Å². The van der Waals surface area contributed by atoms with Gasteiger partial charge in [0.15, 0.2) is 16.6 Å². The summed E-state index contributed by atoms with van der Waals surface area (Å²) in [6.07, 6.45) is 5.85. The Kier molecular flexibility index (Phi) is 6.17. The Bertz CT molecular complexity index is 695. The second-order valence-electron chi connectivity index (χ2n) is 4.86. The number of ether oxygens (including phenoxy) is 2. The van der Waals surface area contributed by atoms with Gasteiger partial charge < -0.3 is 9.47 Å². The van der Waals surface area contributed by atoms with E-state index in [0.717, 1.165) is 16.9 Å². The topological polar surface area (TPSA) is 60.5 Å². The molecule has 0 unspecified atom stereocenters. The maximum atomic E-state index is 11.9. The van der Waals surface area contributed by atoms with Crippen molar-refractivity contribution < 1.29 is 14.3 Å². The number of rotatable bonds is 7. The van der Waals surface area contributed by atoms with E-state index in [1.807, 2.05) is 32.0 Å². The highest BCUT2D eigenvalue weighted by atomic mass is 32.1. The average Bonchev–Trinajstić information content (AvgIpc) is 2.96.